The van der Waals surface area contributed by atoms with Gasteiger partial charge in [-0.05, 0) is 18.1 Å². The van der Waals surface area contributed by atoms with Gasteiger partial charge in [-0.3, -0.25) is 4.98 Å². The summed E-state index contributed by atoms with van der Waals surface area (Å²) in [6.07, 6.45) is 3.08. The average Bonchev–Trinajstić information content (AvgIpc) is 3.10. The molecule has 0 aliphatic rings. The van der Waals surface area contributed by atoms with Crippen LogP contribution in [0.2, 0.25) is 0 Å². The summed E-state index contributed by atoms with van der Waals surface area (Å²) in [5.74, 6) is -6.88. The fourth-order valence-electron chi connectivity index (χ4n) is 2.26. The molecule has 26 heavy (non-hydrogen) atoms. The fourth-order valence-corrected chi connectivity index (χ4v) is 2.26. The Hall–Kier alpha value is -3.04. The summed E-state index contributed by atoms with van der Waals surface area (Å²) in [7, 11) is 0. The molecule has 3 aromatic heterocycles. The minimum atomic E-state index is -1.75. The molecule has 0 aliphatic carbocycles. The lowest BCUT2D eigenvalue weighted by Crippen LogP contribution is -2.20. The number of aromatic nitrogens is 4. The Labute approximate surface area is 145 Å². The third kappa shape index (κ3) is 3.35. The van der Waals surface area contributed by atoms with Crippen molar-refractivity contribution in [3.8, 4) is 11.4 Å². The van der Waals surface area contributed by atoms with E-state index in [1.54, 1.807) is 32.2 Å². The van der Waals surface area contributed by atoms with Gasteiger partial charge in [0.1, 0.15) is 11.7 Å². The molecule has 3 rings (SSSR count). The van der Waals surface area contributed by atoms with Crippen molar-refractivity contribution in [2.24, 2.45) is 5.92 Å². The molecule has 0 saturated carbocycles. The van der Waals surface area contributed by atoms with Gasteiger partial charge in [0.25, 0.3) is 11.9 Å². The topological polar surface area (TPSA) is 76.7 Å². The molecule has 1 unspecified atom stereocenters. The highest BCUT2D eigenvalue weighted by Crippen LogP contribution is 2.31. The Morgan fingerprint density at radius 3 is 2.31 bits per heavy atom. The van der Waals surface area contributed by atoms with Crippen LogP contribution in [0.1, 0.15) is 25.8 Å². The zero-order valence-corrected chi connectivity index (χ0v) is 13.7. The van der Waals surface area contributed by atoms with E-state index in [0.29, 0.717) is 5.56 Å². The smallest absolute Gasteiger partial charge is 0.253 e. The van der Waals surface area contributed by atoms with E-state index in [9.17, 15) is 17.6 Å². The fraction of sp³-hybridized carbons (Fsp3) is 0.250. The number of pyridine rings is 2. The first-order chi connectivity index (χ1) is 12.4. The molecule has 136 valence electrons. The highest BCUT2D eigenvalue weighted by Gasteiger charge is 2.28. The van der Waals surface area contributed by atoms with Crippen LogP contribution < -0.4 is 5.32 Å². The van der Waals surface area contributed by atoms with Crippen LogP contribution >= 0.6 is 0 Å². The molecular formula is C16H13F4N5O. The van der Waals surface area contributed by atoms with Crippen LogP contribution in [0.5, 0.6) is 0 Å². The number of nitrogens with zero attached hydrogens (tertiary/aromatic N) is 4. The predicted molar refractivity (Wildman–Crippen MR) is 82.8 cm³/mol. The number of anilines is 1. The zero-order valence-electron chi connectivity index (χ0n) is 13.7. The van der Waals surface area contributed by atoms with Gasteiger partial charge >= 0.3 is 0 Å². The molecular weight excluding hydrogens is 354 g/mol. The van der Waals surface area contributed by atoms with E-state index >= 15 is 0 Å². The van der Waals surface area contributed by atoms with Crippen molar-refractivity contribution in [2.75, 3.05) is 5.32 Å². The second kappa shape index (κ2) is 7.06. The first kappa shape index (κ1) is 17.8. The quantitative estimate of drug-likeness (QED) is 0.545. The standard InChI is InChI=1S/C16H13F4N5O/c1-7(2)11(22-12-9(17)13(19)23-14(20)10(12)18)16-24-15(25-26-16)8-4-3-5-21-6-8/h3-7,11H,1-2H3,(H,22,23). The van der Waals surface area contributed by atoms with E-state index in [1.165, 1.54) is 6.20 Å². The molecule has 10 heteroatoms. The number of halogens is 4. The third-order valence-electron chi connectivity index (χ3n) is 3.59. The van der Waals surface area contributed by atoms with Crippen LogP contribution in [0.25, 0.3) is 11.4 Å². The van der Waals surface area contributed by atoms with E-state index in [0.717, 1.165) is 0 Å². The molecule has 0 amide bonds. The second-order valence-corrected chi connectivity index (χ2v) is 5.76. The number of hydrogen-bond acceptors (Lipinski definition) is 6. The third-order valence-corrected chi connectivity index (χ3v) is 3.59. The summed E-state index contributed by atoms with van der Waals surface area (Å²) < 4.78 is 59.5. The maximum Gasteiger partial charge on any atom is 0.253 e. The lowest BCUT2D eigenvalue weighted by Gasteiger charge is -2.20. The molecule has 0 bridgehead atoms. The van der Waals surface area contributed by atoms with Gasteiger partial charge in [0.2, 0.25) is 23.3 Å². The Morgan fingerprint density at radius 2 is 1.73 bits per heavy atom. The second-order valence-electron chi connectivity index (χ2n) is 5.76. The average molecular weight is 367 g/mol. The van der Waals surface area contributed by atoms with Gasteiger partial charge in [-0.1, -0.05) is 19.0 Å². The molecule has 0 radical (unpaired) electrons. The van der Waals surface area contributed by atoms with Gasteiger partial charge in [0, 0.05) is 18.0 Å². The molecule has 1 atom stereocenters. The normalized spacial score (nSPS) is 12.4. The van der Waals surface area contributed by atoms with Gasteiger partial charge in [0.05, 0.1) is 0 Å². The molecule has 0 fully saturated rings. The summed E-state index contributed by atoms with van der Waals surface area (Å²) in [4.78, 5) is 10.6. The van der Waals surface area contributed by atoms with Crippen LogP contribution in [-0.2, 0) is 0 Å². The van der Waals surface area contributed by atoms with Gasteiger partial charge in [-0.15, -0.1) is 0 Å². The zero-order chi connectivity index (χ0) is 18.8. The SMILES string of the molecule is CC(C)C(Nc1c(F)c(F)nc(F)c1F)c1nc(-c2cccnc2)no1. The first-order valence-corrected chi connectivity index (χ1v) is 7.59. The monoisotopic (exact) mass is 367 g/mol. The molecule has 0 saturated heterocycles. The molecule has 3 aromatic rings. The molecule has 6 nitrogen and oxygen atoms in total. The van der Waals surface area contributed by atoms with Gasteiger partial charge in [-0.25, -0.2) is 0 Å². The maximum atomic E-state index is 13.9. The lowest BCUT2D eigenvalue weighted by molar-refractivity contribution is 0.333. The molecule has 3 heterocycles. The number of hydrogen-bond donors (Lipinski definition) is 1. The van der Waals surface area contributed by atoms with E-state index in [4.69, 9.17) is 4.52 Å². The van der Waals surface area contributed by atoms with Crippen molar-refractivity contribution in [2.45, 2.75) is 19.9 Å². The Morgan fingerprint density at radius 1 is 1.04 bits per heavy atom. The first-order valence-electron chi connectivity index (χ1n) is 7.59. The Bertz CT molecular complexity index is 890. The van der Waals surface area contributed by atoms with Crippen LogP contribution in [0.3, 0.4) is 0 Å². The van der Waals surface area contributed by atoms with Crippen LogP contribution in [0, 0.1) is 29.4 Å². The number of rotatable bonds is 5. The van der Waals surface area contributed by atoms with E-state index in [2.05, 4.69) is 25.4 Å². The van der Waals surface area contributed by atoms with Crippen LogP contribution in [0.4, 0.5) is 23.2 Å². The maximum absolute atomic E-state index is 13.9. The van der Waals surface area contributed by atoms with Crippen LogP contribution in [0.15, 0.2) is 29.0 Å². The minimum absolute atomic E-state index is 0.00437. The molecule has 0 aliphatic heterocycles. The van der Waals surface area contributed by atoms with E-state index in [-0.39, 0.29) is 17.6 Å². The van der Waals surface area contributed by atoms with Crippen molar-refractivity contribution in [3.05, 3.63) is 53.9 Å². The van der Waals surface area contributed by atoms with Crippen molar-refractivity contribution in [1.82, 2.24) is 20.1 Å². The lowest BCUT2D eigenvalue weighted by atomic mass is 10.0. The number of nitrogens with one attached hydrogen (secondary N) is 1. The summed E-state index contributed by atoms with van der Waals surface area (Å²) >= 11 is 0. The van der Waals surface area contributed by atoms with Crippen LogP contribution in [-0.4, -0.2) is 20.1 Å². The predicted octanol–water partition coefficient (Wildman–Crippen LogP) is 3.89. The van der Waals surface area contributed by atoms with E-state index < -0.39 is 35.3 Å². The van der Waals surface area contributed by atoms with Gasteiger partial charge < -0.3 is 9.84 Å². The van der Waals surface area contributed by atoms with Crippen molar-refractivity contribution < 1.29 is 22.1 Å². The van der Waals surface area contributed by atoms with Gasteiger partial charge in [-0.2, -0.15) is 27.5 Å². The highest BCUT2D eigenvalue weighted by molar-refractivity contribution is 5.52. The van der Waals surface area contributed by atoms with Crippen molar-refractivity contribution >= 4 is 5.69 Å². The van der Waals surface area contributed by atoms with Crippen molar-refractivity contribution in [1.29, 1.82) is 0 Å². The van der Waals surface area contributed by atoms with E-state index in [1.807, 2.05) is 0 Å². The molecule has 0 spiro atoms. The summed E-state index contributed by atoms with van der Waals surface area (Å²) in [5, 5.41) is 6.19. The molecule has 0 aromatic carbocycles. The Balaban J connectivity index is 1.96. The minimum Gasteiger partial charge on any atom is -0.368 e. The highest BCUT2D eigenvalue weighted by atomic mass is 19.2. The largest absolute Gasteiger partial charge is 0.368 e. The molecule has 1 N–H and O–H groups in total. The summed E-state index contributed by atoms with van der Waals surface area (Å²) in [6.45, 7) is 3.41. The van der Waals surface area contributed by atoms with Crippen molar-refractivity contribution in [3.63, 3.8) is 0 Å². The summed E-state index contributed by atoms with van der Waals surface area (Å²) in [5.41, 5.74) is -0.418. The van der Waals surface area contributed by atoms with Gasteiger partial charge in [0.15, 0.2) is 0 Å². The summed E-state index contributed by atoms with van der Waals surface area (Å²) in [6, 6.07) is 2.47. The Kier molecular flexibility index (Phi) is 4.83.